The number of nitrogens with zero attached hydrogens (tertiary/aromatic N) is 1. The number of carbonyl (C=O) groups excluding carboxylic acids is 4. The van der Waals surface area contributed by atoms with Gasteiger partial charge in [0, 0.05) is 46.1 Å². The van der Waals surface area contributed by atoms with Crippen molar-refractivity contribution in [2.45, 2.75) is 69.5 Å². The zero-order chi connectivity index (χ0) is 28.6. The Balaban J connectivity index is 0.987. The fourth-order valence-corrected chi connectivity index (χ4v) is 8.94. The van der Waals surface area contributed by atoms with Crippen LogP contribution in [0, 0.1) is 17.8 Å². The second kappa shape index (κ2) is 9.49. The third kappa shape index (κ3) is 4.15. The van der Waals surface area contributed by atoms with Crippen molar-refractivity contribution in [2.75, 3.05) is 10.2 Å². The van der Waals surface area contributed by atoms with Gasteiger partial charge in [-0.15, -0.1) is 0 Å². The van der Waals surface area contributed by atoms with E-state index in [1.54, 1.807) is 24.3 Å². The monoisotopic (exact) mass is 562 g/mol. The quantitative estimate of drug-likeness (QED) is 0.370. The number of rotatable bonds is 6. The van der Waals surface area contributed by atoms with E-state index in [0.29, 0.717) is 33.4 Å². The third-order valence-corrected chi connectivity index (χ3v) is 10.4. The molecule has 9 rings (SSSR count). The maximum atomic E-state index is 13.4. The predicted molar refractivity (Wildman–Crippen MR) is 159 cm³/mol. The summed E-state index contributed by atoms with van der Waals surface area (Å²) in [5.74, 6) is 1.43. The number of carbonyl (C=O) groups is 4. The van der Waals surface area contributed by atoms with Crippen molar-refractivity contribution in [3.8, 4) is 0 Å². The molecule has 0 radical (unpaired) electrons. The van der Waals surface area contributed by atoms with Gasteiger partial charge >= 0.3 is 0 Å². The Kier molecular flexibility index (Phi) is 5.80. The van der Waals surface area contributed by atoms with Gasteiger partial charge in [-0.05, 0) is 98.6 Å². The number of hydrogen-bond donors (Lipinski definition) is 3. The summed E-state index contributed by atoms with van der Waals surface area (Å²) < 4.78 is 0. The molecule has 4 saturated carbocycles. The second-order valence-electron chi connectivity index (χ2n) is 13.2. The molecular weight excluding hydrogens is 528 g/mol. The van der Waals surface area contributed by atoms with Gasteiger partial charge in [-0.3, -0.25) is 29.4 Å². The summed E-state index contributed by atoms with van der Waals surface area (Å²) in [6.45, 7) is 0.820. The largest absolute Gasteiger partial charge is 0.321 e. The van der Waals surface area contributed by atoms with E-state index in [-0.39, 0.29) is 30.6 Å². The first-order chi connectivity index (χ1) is 20.4. The summed E-state index contributed by atoms with van der Waals surface area (Å²) in [6, 6.07) is 16.0. The number of hydrogen-bond acceptors (Lipinski definition) is 5. The van der Waals surface area contributed by atoms with Crippen molar-refractivity contribution >= 4 is 45.8 Å². The first-order valence-electron chi connectivity index (χ1n) is 15.2. The first-order valence-corrected chi connectivity index (χ1v) is 15.2. The smallest absolute Gasteiger partial charge is 0.259 e. The molecule has 1 saturated heterocycles. The number of imide groups is 1. The summed E-state index contributed by atoms with van der Waals surface area (Å²) in [7, 11) is 0. The van der Waals surface area contributed by atoms with Crippen LogP contribution in [-0.4, -0.2) is 35.2 Å². The molecule has 8 heteroatoms. The molecule has 214 valence electrons. The zero-order valence-electron chi connectivity index (χ0n) is 23.4. The lowest BCUT2D eigenvalue weighted by Crippen LogP contribution is -2.58. The van der Waals surface area contributed by atoms with E-state index in [0.717, 1.165) is 29.7 Å². The Hall–Kier alpha value is -4.04. The Morgan fingerprint density at radius 2 is 1.62 bits per heavy atom. The van der Waals surface area contributed by atoms with Gasteiger partial charge < -0.3 is 10.6 Å². The molecule has 5 fully saturated rings. The predicted octanol–water partition coefficient (Wildman–Crippen LogP) is 4.92. The molecule has 3 aromatic carbocycles. The fraction of sp³-hybridized carbons (Fsp3) is 0.412. The van der Waals surface area contributed by atoms with Gasteiger partial charge in [-0.25, -0.2) is 0 Å². The molecule has 4 bridgehead atoms. The molecule has 1 unspecified atom stereocenters. The van der Waals surface area contributed by atoms with Gasteiger partial charge in [0.25, 0.3) is 11.8 Å². The van der Waals surface area contributed by atoms with Crippen molar-refractivity contribution in [3.63, 3.8) is 0 Å². The van der Waals surface area contributed by atoms with Crippen LogP contribution in [0.4, 0.5) is 11.4 Å². The lowest BCUT2D eigenvalue weighted by molar-refractivity contribution is -0.134. The van der Waals surface area contributed by atoms with Gasteiger partial charge in [0.2, 0.25) is 11.8 Å². The highest BCUT2D eigenvalue weighted by atomic mass is 16.2. The van der Waals surface area contributed by atoms with Gasteiger partial charge in [-0.1, -0.05) is 24.3 Å². The standard InChI is InChI=1S/C34H34N4O4/c39-29-11-10-28(32(41)37-29)38-27-9-8-26(24-2-1-3-25(30(24)27)33(38)42)36-31(40)23-6-4-19(5-7-23)18-35-34-15-20-12-21(16-34)14-22(13-20)17-34/h1-9,20-22,28,35H,10-18H2,(H,36,40)(H,37,39,41). The van der Waals surface area contributed by atoms with Crippen LogP contribution in [0.25, 0.3) is 10.8 Å². The minimum absolute atomic E-state index is 0.185. The highest BCUT2D eigenvalue weighted by molar-refractivity contribution is 6.29. The van der Waals surface area contributed by atoms with Gasteiger partial charge in [-0.2, -0.15) is 0 Å². The summed E-state index contributed by atoms with van der Waals surface area (Å²) in [5, 5.41) is 10.8. The number of nitrogens with one attached hydrogen (secondary N) is 3. The van der Waals surface area contributed by atoms with Gasteiger partial charge in [0.1, 0.15) is 6.04 Å². The second-order valence-corrected chi connectivity index (χ2v) is 13.2. The third-order valence-electron chi connectivity index (χ3n) is 10.4. The van der Waals surface area contributed by atoms with Crippen LogP contribution in [0.5, 0.6) is 0 Å². The van der Waals surface area contributed by atoms with E-state index in [1.165, 1.54) is 49.0 Å². The highest BCUT2D eigenvalue weighted by Gasteiger charge is 2.50. The molecule has 4 amide bonds. The minimum atomic E-state index is -0.748. The van der Waals surface area contributed by atoms with Crippen LogP contribution in [0.1, 0.15) is 77.6 Å². The Labute approximate surface area is 244 Å². The lowest BCUT2D eigenvalue weighted by atomic mass is 9.53. The molecule has 6 aliphatic rings. The topological polar surface area (TPSA) is 108 Å². The molecule has 4 aliphatic carbocycles. The Bertz CT molecular complexity index is 1630. The summed E-state index contributed by atoms with van der Waals surface area (Å²) in [6.07, 6.45) is 8.68. The van der Waals surface area contributed by atoms with Gasteiger partial charge in [0.15, 0.2) is 0 Å². The number of piperidine rings is 1. The van der Waals surface area contributed by atoms with E-state index in [2.05, 4.69) is 16.0 Å². The summed E-state index contributed by atoms with van der Waals surface area (Å²) in [4.78, 5) is 52.5. The van der Waals surface area contributed by atoms with E-state index in [1.807, 2.05) is 30.3 Å². The number of benzene rings is 3. The van der Waals surface area contributed by atoms with E-state index in [9.17, 15) is 19.2 Å². The fourth-order valence-electron chi connectivity index (χ4n) is 8.94. The Morgan fingerprint density at radius 3 is 2.31 bits per heavy atom. The van der Waals surface area contributed by atoms with Crippen LogP contribution < -0.4 is 20.9 Å². The van der Waals surface area contributed by atoms with Gasteiger partial charge in [0.05, 0.1) is 5.69 Å². The van der Waals surface area contributed by atoms with Crippen molar-refractivity contribution in [1.82, 2.24) is 10.6 Å². The molecule has 42 heavy (non-hydrogen) atoms. The minimum Gasteiger partial charge on any atom is -0.321 e. The SMILES string of the molecule is O=C1CCC(N2C(=O)c3cccc4c(NC(=O)c5ccc(CNC67CC8CC(CC(C8)C6)C7)cc5)ccc2c34)C(=O)N1. The van der Waals surface area contributed by atoms with E-state index >= 15 is 0 Å². The van der Waals surface area contributed by atoms with Crippen molar-refractivity contribution in [2.24, 2.45) is 17.8 Å². The molecule has 8 nitrogen and oxygen atoms in total. The molecule has 3 aromatic rings. The molecule has 1 atom stereocenters. The number of anilines is 2. The first kappa shape index (κ1) is 25.7. The molecular formula is C34H34N4O4. The van der Waals surface area contributed by atoms with Crippen LogP contribution in [0.15, 0.2) is 54.6 Å². The molecule has 2 aliphatic heterocycles. The number of amides is 4. The van der Waals surface area contributed by atoms with Crippen LogP contribution in [0.3, 0.4) is 0 Å². The molecule has 2 heterocycles. The maximum absolute atomic E-state index is 13.4. The van der Waals surface area contributed by atoms with Crippen molar-refractivity contribution in [3.05, 3.63) is 71.3 Å². The Morgan fingerprint density at radius 1 is 0.905 bits per heavy atom. The molecule has 0 aromatic heterocycles. The van der Waals surface area contributed by atoms with E-state index < -0.39 is 11.9 Å². The maximum Gasteiger partial charge on any atom is 0.259 e. The lowest BCUT2D eigenvalue weighted by Gasteiger charge is -2.57. The summed E-state index contributed by atoms with van der Waals surface area (Å²) in [5.41, 5.74) is 3.76. The van der Waals surface area contributed by atoms with Crippen LogP contribution in [-0.2, 0) is 16.1 Å². The normalized spacial score (nSPS) is 29.3. The van der Waals surface area contributed by atoms with Crippen molar-refractivity contribution < 1.29 is 19.2 Å². The van der Waals surface area contributed by atoms with Crippen LogP contribution in [0.2, 0.25) is 0 Å². The average Bonchev–Trinajstić information content (AvgIpc) is 3.25. The van der Waals surface area contributed by atoms with Crippen LogP contribution >= 0.6 is 0 Å². The average molecular weight is 563 g/mol. The van der Waals surface area contributed by atoms with Crippen molar-refractivity contribution in [1.29, 1.82) is 0 Å². The molecule has 3 N–H and O–H groups in total. The summed E-state index contributed by atoms with van der Waals surface area (Å²) >= 11 is 0. The molecule has 0 spiro atoms. The van der Waals surface area contributed by atoms with E-state index in [4.69, 9.17) is 0 Å². The highest BCUT2D eigenvalue weighted by Crippen LogP contribution is 2.55. The zero-order valence-corrected chi connectivity index (χ0v) is 23.4.